The van der Waals surface area contributed by atoms with Gasteiger partial charge < -0.3 is 10.2 Å². The van der Waals surface area contributed by atoms with Crippen LogP contribution in [0.25, 0.3) is 0 Å². The number of halogens is 4. The second-order valence-electron chi connectivity index (χ2n) is 6.68. The van der Waals surface area contributed by atoms with E-state index < -0.39 is 22.6 Å². The summed E-state index contributed by atoms with van der Waals surface area (Å²) in [5.74, 6) is 0.198. The van der Waals surface area contributed by atoms with E-state index in [2.05, 4.69) is 10.3 Å². The lowest BCUT2D eigenvalue weighted by molar-refractivity contribution is -0.384. The number of pyridine rings is 1. The van der Waals surface area contributed by atoms with Crippen LogP contribution in [0, 0.1) is 10.1 Å². The molecule has 0 spiro atoms. The molecule has 0 aliphatic heterocycles. The Labute approximate surface area is 186 Å². The maximum Gasteiger partial charge on any atom is 0.416 e. The summed E-state index contributed by atoms with van der Waals surface area (Å²) in [5.41, 5.74) is -0.985. The zero-order valence-corrected chi connectivity index (χ0v) is 18.3. The topological polar surface area (TPSA) is 88.4 Å². The summed E-state index contributed by atoms with van der Waals surface area (Å²) in [6.45, 7) is 0.289. The highest BCUT2D eigenvalue weighted by atomic mass is 35.5. The smallest absolute Gasteiger partial charge is 0.363 e. The van der Waals surface area contributed by atoms with E-state index in [1.165, 1.54) is 28.8 Å². The van der Waals surface area contributed by atoms with Crippen molar-refractivity contribution in [1.82, 2.24) is 10.3 Å². The van der Waals surface area contributed by atoms with Crippen LogP contribution in [-0.4, -0.2) is 42.2 Å². The van der Waals surface area contributed by atoms with Crippen molar-refractivity contribution in [3.05, 3.63) is 56.6 Å². The van der Waals surface area contributed by atoms with Crippen LogP contribution in [0.5, 0.6) is 0 Å². The van der Waals surface area contributed by atoms with Gasteiger partial charge in [0.25, 0.3) is 11.6 Å². The quantitative estimate of drug-likeness (QED) is 0.236. The van der Waals surface area contributed by atoms with Crippen molar-refractivity contribution in [2.75, 3.05) is 31.3 Å². The first-order chi connectivity index (χ1) is 14.5. The van der Waals surface area contributed by atoms with Crippen LogP contribution < -0.4 is 10.2 Å². The zero-order chi connectivity index (χ0) is 23.2. The van der Waals surface area contributed by atoms with Crippen LogP contribution in [0.3, 0.4) is 0 Å². The van der Waals surface area contributed by atoms with E-state index >= 15 is 0 Å². The lowest BCUT2D eigenvalue weighted by Gasteiger charge is -2.16. The van der Waals surface area contributed by atoms with Gasteiger partial charge in [-0.1, -0.05) is 11.6 Å². The van der Waals surface area contributed by atoms with Crippen molar-refractivity contribution < 1.29 is 22.9 Å². The fraction of sp³-hybridized carbons (Fsp3) is 0.368. The molecule has 7 nitrogen and oxygen atoms in total. The van der Waals surface area contributed by atoms with E-state index in [0.29, 0.717) is 18.6 Å². The molecule has 0 fully saturated rings. The standard InChI is InChI=1S/C19H20ClF3N4O3S/c1-26(2)16-9-12(19(21,22)23)10-17(25-16)31-8-4-3-7-24-18(28)14-11-13(27(29)30)5-6-15(14)20/h5-6,9-11H,3-4,7-8H2,1-2H3,(H,24,28). The zero-order valence-electron chi connectivity index (χ0n) is 16.7. The predicted octanol–water partition coefficient (Wildman–Crippen LogP) is 5.03. The van der Waals surface area contributed by atoms with E-state index in [4.69, 9.17) is 11.6 Å². The van der Waals surface area contributed by atoms with Crippen LogP contribution in [0.4, 0.5) is 24.7 Å². The lowest BCUT2D eigenvalue weighted by Crippen LogP contribution is -2.24. The van der Waals surface area contributed by atoms with E-state index in [-0.39, 0.29) is 33.7 Å². The summed E-state index contributed by atoms with van der Waals surface area (Å²) in [6, 6.07) is 5.62. The van der Waals surface area contributed by atoms with Gasteiger partial charge in [-0.15, -0.1) is 11.8 Å². The first-order valence-corrected chi connectivity index (χ1v) is 10.5. The number of aromatic nitrogens is 1. The van der Waals surface area contributed by atoms with E-state index in [1.54, 1.807) is 14.1 Å². The molecular weight excluding hydrogens is 457 g/mol. The Kier molecular flexibility index (Phi) is 8.52. The number of rotatable bonds is 9. The number of nitrogens with one attached hydrogen (secondary N) is 1. The minimum atomic E-state index is -4.46. The normalized spacial score (nSPS) is 11.3. The summed E-state index contributed by atoms with van der Waals surface area (Å²) >= 11 is 7.13. The first-order valence-electron chi connectivity index (χ1n) is 9.10. The van der Waals surface area contributed by atoms with Gasteiger partial charge in [-0.25, -0.2) is 4.98 Å². The molecule has 0 saturated carbocycles. The van der Waals surface area contributed by atoms with E-state index in [0.717, 1.165) is 18.2 Å². The van der Waals surface area contributed by atoms with E-state index in [1.807, 2.05) is 0 Å². The molecule has 0 radical (unpaired) electrons. The van der Waals surface area contributed by atoms with Crippen LogP contribution in [0.1, 0.15) is 28.8 Å². The van der Waals surface area contributed by atoms with Crippen molar-refractivity contribution in [3.8, 4) is 0 Å². The monoisotopic (exact) mass is 476 g/mol. The van der Waals surface area contributed by atoms with Gasteiger partial charge in [0.1, 0.15) is 5.82 Å². The number of nitro benzene ring substituents is 1. The molecule has 12 heteroatoms. The van der Waals surface area contributed by atoms with Gasteiger partial charge in [-0.2, -0.15) is 13.2 Å². The summed E-state index contributed by atoms with van der Waals surface area (Å²) in [5, 5.41) is 13.8. The van der Waals surface area contributed by atoms with E-state index in [9.17, 15) is 28.1 Å². The SMILES string of the molecule is CN(C)c1cc(C(F)(F)F)cc(SCCCCNC(=O)c2cc([N+](=O)[O-])ccc2Cl)n1. The Bertz CT molecular complexity index is 957. The average Bonchev–Trinajstić information content (AvgIpc) is 2.69. The van der Waals surface area contributed by atoms with Crippen LogP contribution in [0.15, 0.2) is 35.4 Å². The number of thioether (sulfide) groups is 1. The number of hydrogen-bond donors (Lipinski definition) is 1. The molecule has 0 saturated heterocycles. The Balaban J connectivity index is 1.85. The minimum Gasteiger partial charge on any atom is -0.363 e. The second kappa shape index (κ2) is 10.7. The molecule has 1 amide bonds. The van der Waals surface area contributed by atoms with Crippen molar-refractivity contribution in [2.24, 2.45) is 0 Å². The van der Waals surface area contributed by atoms with Gasteiger partial charge in [-0.3, -0.25) is 14.9 Å². The van der Waals surface area contributed by atoms with Crippen molar-refractivity contribution >= 4 is 40.8 Å². The molecule has 2 rings (SSSR count). The van der Waals surface area contributed by atoms with Gasteiger partial charge in [0, 0.05) is 32.8 Å². The van der Waals surface area contributed by atoms with Crippen LogP contribution in [0.2, 0.25) is 5.02 Å². The number of carbonyl (C=O) groups excluding carboxylic acids is 1. The van der Waals surface area contributed by atoms with Gasteiger partial charge in [0.2, 0.25) is 0 Å². The predicted molar refractivity (Wildman–Crippen MR) is 114 cm³/mol. The maximum atomic E-state index is 13.1. The highest BCUT2D eigenvalue weighted by molar-refractivity contribution is 7.99. The number of hydrogen-bond acceptors (Lipinski definition) is 6. The molecule has 0 bridgehead atoms. The molecule has 2 aromatic rings. The number of amides is 1. The third kappa shape index (κ3) is 7.28. The van der Waals surface area contributed by atoms with Crippen molar-refractivity contribution in [2.45, 2.75) is 24.0 Å². The second-order valence-corrected chi connectivity index (χ2v) is 8.20. The van der Waals surface area contributed by atoms with Crippen molar-refractivity contribution in [3.63, 3.8) is 0 Å². The van der Waals surface area contributed by atoms with Crippen molar-refractivity contribution in [1.29, 1.82) is 0 Å². The Morgan fingerprint density at radius 1 is 1.26 bits per heavy atom. The summed E-state index contributed by atoms with van der Waals surface area (Å²) in [4.78, 5) is 28.1. The Hall–Kier alpha value is -2.53. The van der Waals surface area contributed by atoms with Crippen LogP contribution in [-0.2, 0) is 6.18 Å². The first kappa shape index (κ1) is 24.7. The number of nitro groups is 1. The number of benzene rings is 1. The third-order valence-corrected chi connectivity index (χ3v) is 5.41. The Morgan fingerprint density at radius 2 is 1.97 bits per heavy atom. The minimum absolute atomic E-state index is 0.00891. The largest absolute Gasteiger partial charge is 0.416 e. The molecule has 31 heavy (non-hydrogen) atoms. The fourth-order valence-corrected chi connectivity index (χ4v) is 3.59. The molecule has 0 atom stereocenters. The number of unbranched alkanes of at least 4 members (excludes halogenated alkanes) is 1. The van der Waals surface area contributed by atoms with Gasteiger partial charge in [-0.05, 0) is 36.8 Å². The van der Waals surface area contributed by atoms with Gasteiger partial charge in [0.15, 0.2) is 0 Å². The third-order valence-electron chi connectivity index (χ3n) is 4.09. The molecule has 0 aliphatic rings. The molecular formula is C19H20ClF3N4O3S. The van der Waals surface area contributed by atoms with Gasteiger partial charge >= 0.3 is 6.18 Å². The number of anilines is 1. The summed E-state index contributed by atoms with van der Waals surface area (Å²) in [7, 11) is 3.24. The molecule has 1 N–H and O–H groups in total. The molecule has 0 aliphatic carbocycles. The molecule has 168 valence electrons. The lowest BCUT2D eigenvalue weighted by atomic mass is 10.2. The number of carbonyl (C=O) groups is 1. The highest BCUT2D eigenvalue weighted by Gasteiger charge is 2.31. The molecule has 1 aromatic carbocycles. The average molecular weight is 477 g/mol. The summed E-state index contributed by atoms with van der Waals surface area (Å²) in [6.07, 6.45) is -3.28. The summed E-state index contributed by atoms with van der Waals surface area (Å²) < 4.78 is 39.2. The number of alkyl halides is 3. The molecule has 1 aromatic heterocycles. The highest BCUT2D eigenvalue weighted by Crippen LogP contribution is 2.33. The fourth-order valence-electron chi connectivity index (χ4n) is 2.46. The Morgan fingerprint density at radius 3 is 2.58 bits per heavy atom. The van der Waals surface area contributed by atoms with Crippen LogP contribution >= 0.6 is 23.4 Å². The maximum absolute atomic E-state index is 13.1. The number of non-ortho nitro benzene ring substituents is 1. The number of nitrogens with zero attached hydrogens (tertiary/aromatic N) is 3. The van der Waals surface area contributed by atoms with Gasteiger partial charge in [0.05, 0.1) is 26.1 Å². The molecule has 1 heterocycles. The molecule has 0 unspecified atom stereocenters.